The zero-order chi connectivity index (χ0) is 20.3. The summed E-state index contributed by atoms with van der Waals surface area (Å²) >= 11 is 0. The van der Waals surface area contributed by atoms with Crippen LogP contribution in [0.1, 0.15) is 69.7 Å². The van der Waals surface area contributed by atoms with Gasteiger partial charge in [0.1, 0.15) is 11.4 Å². The molecule has 158 valence electrons. The first-order valence-corrected chi connectivity index (χ1v) is 11.3. The van der Waals surface area contributed by atoms with Gasteiger partial charge in [-0.15, -0.1) is 0 Å². The van der Waals surface area contributed by atoms with E-state index in [2.05, 4.69) is 42.2 Å². The number of rotatable bonds is 3. The van der Waals surface area contributed by atoms with E-state index in [0.717, 1.165) is 44.1 Å². The van der Waals surface area contributed by atoms with Crippen LogP contribution in [-0.4, -0.2) is 46.0 Å². The zero-order valence-corrected chi connectivity index (χ0v) is 17.9. The molecular formula is C23H34N4O2. The van der Waals surface area contributed by atoms with E-state index >= 15 is 0 Å². The van der Waals surface area contributed by atoms with Crippen LogP contribution < -0.4 is 10.2 Å². The van der Waals surface area contributed by atoms with E-state index in [-0.39, 0.29) is 23.6 Å². The van der Waals surface area contributed by atoms with Crippen molar-refractivity contribution in [2.75, 3.05) is 18.0 Å². The number of fused-ring (bicyclic) bond motifs is 1. The number of piperidine rings is 1. The molecule has 4 unspecified atom stereocenters. The molecule has 3 fully saturated rings. The van der Waals surface area contributed by atoms with Crippen LogP contribution in [0, 0.1) is 17.8 Å². The molecule has 2 N–H and O–H groups in total. The van der Waals surface area contributed by atoms with E-state index in [1.807, 2.05) is 4.68 Å². The van der Waals surface area contributed by atoms with Gasteiger partial charge in [-0.3, -0.25) is 4.79 Å². The Labute approximate surface area is 173 Å². The van der Waals surface area contributed by atoms with Crippen LogP contribution in [0.25, 0.3) is 0 Å². The number of aliphatic hydroxyl groups excluding tert-OH is 1. The van der Waals surface area contributed by atoms with Crippen molar-refractivity contribution in [3.63, 3.8) is 0 Å². The molecule has 0 radical (unpaired) electrons. The standard InChI is InChI=1S/C23H34N4O2/c1-23(2,3)27-22(26-8-6-16(28)7-9-26)19(13-24-27)21(29)25-20-12-15-5-4-14-10-17(15)18(20)11-14/h5,13-14,16-18,20,28H,4,6-12H2,1-3H3,(H,25,29). The van der Waals surface area contributed by atoms with Gasteiger partial charge < -0.3 is 15.3 Å². The average molecular weight is 399 g/mol. The molecule has 1 aliphatic heterocycles. The molecule has 5 rings (SSSR count). The Morgan fingerprint density at radius 2 is 2.00 bits per heavy atom. The first-order chi connectivity index (χ1) is 13.8. The summed E-state index contributed by atoms with van der Waals surface area (Å²) in [5, 5.41) is 17.9. The molecule has 4 atom stereocenters. The predicted molar refractivity (Wildman–Crippen MR) is 113 cm³/mol. The molecule has 0 spiro atoms. The highest BCUT2D eigenvalue weighted by Crippen LogP contribution is 2.54. The highest BCUT2D eigenvalue weighted by Gasteiger charge is 2.48. The third kappa shape index (κ3) is 3.29. The summed E-state index contributed by atoms with van der Waals surface area (Å²) in [5.41, 5.74) is 2.05. The van der Waals surface area contributed by atoms with Gasteiger partial charge in [0.15, 0.2) is 0 Å². The smallest absolute Gasteiger partial charge is 0.256 e. The van der Waals surface area contributed by atoms with E-state index in [9.17, 15) is 9.90 Å². The maximum Gasteiger partial charge on any atom is 0.256 e. The first kappa shape index (κ1) is 19.2. The fraction of sp³-hybridized carbons (Fsp3) is 0.739. The van der Waals surface area contributed by atoms with Gasteiger partial charge in [-0.1, -0.05) is 11.6 Å². The number of allylic oxidation sites excluding steroid dienone is 1. The van der Waals surface area contributed by atoms with Crippen LogP contribution in [0.3, 0.4) is 0 Å². The maximum atomic E-state index is 13.4. The lowest BCUT2D eigenvalue weighted by Crippen LogP contribution is -2.42. The molecule has 1 saturated heterocycles. The van der Waals surface area contributed by atoms with Gasteiger partial charge in [-0.05, 0) is 77.0 Å². The molecule has 3 aliphatic carbocycles. The molecule has 2 saturated carbocycles. The van der Waals surface area contributed by atoms with Gasteiger partial charge in [-0.25, -0.2) is 4.68 Å². The molecule has 1 aromatic heterocycles. The Hall–Kier alpha value is -1.82. The van der Waals surface area contributed by atoms with Crippen LogP contribution in [0.5, 0.6) is 0 Å². The van der Waals surface area contributed by atoms with Crippen molar-refractivity contribution in [2.24, 2.45) is 17.8 Å². The lowest BCUT2D eigenvalue weighted by Gasteiger charge is -2.35. The minimum atomic E-state index is -0.240. The molecular weight excluding hydrogens is 364 g/mol. The number of hydrogen-bond donors (Lipinski definition) is 2. The summed E-state index contributed by atoms with van der Waals surface area (Å²) in [5.74, 6) is 3.06. The van der Waals surface area contributed by atoms with Gasteiger partial charge in [0, 0.05) is 19.1 Å². The normalized spacial score (nSPS) is 31.9. The van der Waals surface area contributed by atoms with Crippen LogP contribution in [-0.2, 0) is 5.54 Å². The van der Waals surface area contributed by atoms with Crippen LogP contribution in [0.2, 0.25) is 0 Å². The number of aliphatic hydroxyl groups is 1. The number of carbonyl (C=O) groups excluding carboxylic acids is 1. The molecule has 1 aromatic rings. The summed E-state index contributed by atoms with van der Waals surface area (Å²) in [4.78, 5) is 15.6. The van der Waals surface area contributed by atoms with Gasteiger partial charge >= 0.3 is 0 Å². The number of anilines is 1. The van der Waals surface area contributed by atoms with Crippen molar-refractivity contribution < 1.29 is 9.90 Å². The van der Waals surface area contributed by atoms with Crippen LogP contribution in [0.15, 0.2) is 17.8 Å². The lowest BCUT2D eigenvalue weighted by atomic mass is 9.89. The maximum absolute atomic E-state index is 13.4. The Kier molecular flexibility index (Phi) is 4.53. The first-order valence-electron chi connectivity index (χ1n) is 11.3. The second-order valence-corrected chi connectivity index (χ2v) is 10.6. The van der Waals surface area contributed by atoms with Crippen molar-refractivity contribution in [1.29, 1.82) is 0 Å². The van der Waals surface area contributed by atoms with Gasteiger partial charge in [0.25, 0.3) is 5.91 Å². The predicted octanol–water partition coefficient (Wildman–Crippen LogP) is 3.07. The highest BCUT2D eigenvalue weighted by molar-refractivity contribution is 5.99. The van der Waals surface area contributed by atoms with Crippen molar-refractivity contribution >= 4 is 11.7 Å². The molecule has 4 aliphatic rings. The number of amides is 1. The molecule has 29 heavy (non-hydrogen) atoms. The monoisotopic (exact) mass is 398 g/mol. The van der Waals surface area contributed by atoms with Gasteiger partial charge in [0.2, 0.25) is 0 Å². The number of nitrogens with zero attached hydrogens (tertiary/aromatic N) is 3. The van der Waals surface area contributed by atoms with E-state index in [1.54, 1.807) is 11.8 Å². The van der Waals surface area contributed by atoms with Crippen LogP contribution in [0.4, 0.5) is 5.82 Å². The fourth-order valence-corrected chi connectivity index (χ4v) is 6.13. The number of hydrogen-bond acceptors (Lipinski definition) is 4. The summed E-state index contributed by atoms with van der Waals surface area (Å²) in [6, 6.07) is 0.262. The third-order valence-corrected chi connectivity index (χ3v) is 7.58. The van der Waals surface area contributed by atoms with Crippen molar-refractivity contribution in [3.8, 4) is 0 Å². The minimum Gasteiger partial charge on any atom is -0.393 e. The molecule has 6 heteroatoms. The topological polar surface area (TPSA) is 70.4 Å². The van der Waals surface area contributed by atoms with Crippen molar-refractivity contribution in [2.45, 2.75) is 77.0 Å². The van der Waals surface area contributed by atoms with Gasteiger partial charge in [0.05, 0.1) is 17.8 Å². The quantitative estimate of drug-likeness (QED) is 0.768. The molecule has 0 aromatic carbocycles. The Morgan fingerprint density at radius 3 is 2.72 bits per heavy atom. The van der Waals surface area contributed by atoms with E-state index in [0.29, 0.717) is 17.4 Å². The second-order valence-electron chi connectivity index (χ2n) is 10.6. The van der Waals surface area contributed by atoms with Crippen molar-refractivity contribution in [3.05, 3.63) is 23.4 Å². The molecule has 2 bridgehead atoms. The Morgan fingerprint density at radius 1 is 1.24 bits per heavy atom. The molecule has 6 nitrogen and oxygen atoms in total. The van der Waals surface area contributed by atoms with Gasteiger partial charge in [-0.2, -0.15) is 5.10 Å². The largest absolute Gasteiger partial charge is 0.393 e. The van der Waals surface area contributed by atoms with Crippen LogP contribution >= 0.6 is 0 Å². The Bertz CT molecular complexity index is 828. The summed E-state index contributed by atoms with van der Waals surface area (Å²) in [6.45, 7) is 7.87. The average Bonchev–Trinajstić information content (AvgIpc) is 3.33. The number of carbonyl (C=O) groups is 1. The third-order valence-electron chi connectivity index (χ3n) is 7.58. The molecule has 1 amide bonds. The molecule has 2 heterocycles. The highest BCUT2D eigenvalue weighted by atomic mass is 16.3. The SMILES string of the molecule is CC(C)(C)n1ncc(C(=O)NC2CC3=CCC4CC3C2C4)c1N1CCC(O)CC1. The van der Waals surface area contributed by atoms with Crippen molar-refractivity contribution in [1.82, 2.24) is 15.1 Å². The summed E-state index contributed by atoms with van der Waals surface area (Å²) in [7, 11) is 0. The van der Waals surface area contributed by atoms with E-state index in [4.69, 9.17) is 0 Å². The van der Waals surface area contributed by atoms with E-state index in [1.165, 1.54) is 19.3 Å². The van der Waals surface area contributed by atoms with E-state index < -0.39 is 0 Å². The number of aromatic nitrogens is 2. The summed E-state index contributed by atoms with van der Waals surface area (Å²) < 4.78 is 1.98. The number of nitrogens with one attached hydrogen (secondary N) is 1. The fourth-order valence-electron chi connectivity index (χ4n) is 6.13. The lowest BCUT2D eigenvalue weighted by molar-refractivity contribution is 0.0926. The second kappa shape index (κ2) is 6.86. The minimum absolute atomic E-state index is 0.00986. The Balaban J connectivity index is 1.40. The summed E-state index contributed by atoms with van der Waals surface area (Å²) in [6.07, 6.45) is 10.3. The zero-order valence-electron chi connectivity index (χ0n) is 17.9.